The smallest absolute Gasteiger partial charge is 0.399 e. The van der Waals surface area contributed by atoms with Crippen LogP contribution in [0.4, 0.5) is 4.39 Å². The highest BCUT2D eigenvalue weighted by Gasteiger charge is 2.56. The van der Waals surface area contributed by atoms with Gasteiger partial charge in [-0.05, 0) is 69.6 Å². The second kappa shape index (κ2) is 9.07. The first-order chi connectivity index (χ1) is 17.4. The van der Waals surface area contributed by atoms with Gasteiger partial charge in [0.15, 0.2) is 5.72 Å². The summed E-state index contributed by atoms with van der Waals surface area (Å²) < 4.78 is 34.4. The van der Waals surface area contributed by atoms with Crippen LogP contribution in [0.25, 0.3) is 0 Å². The van der Waals surface area contributed by atoms with Gasteiger partial charge in [0.25, 0.3) is 5.91 Å². The number of methoxy groups -OCH3 is 1. The summed E-state index contributed by atoms with van der Waals surface area (Å²) >= 11 is 12.2. The molecule has 0 unspecified atom stereocenters. The number of rotatable bonds is 5. The maximum Gasteiger partial charge on any atom is 0.494 e. The van der Waals surface area contributed by atoms with Gasteiger partial charge in [-0.25, -0.2) is 4.39 Å². The monoisotopic (exact) mass is 542 g/mol. The van der Waals surface area contributed by atoms with Crippen LogP contribution in [0.5, 0.6) is 0 Å². The van der Waals surface area contributed by atoms with E-state index in [2.05, 4.69) is 4.98 Å². The fourth-order valence-electron chi connectivity index (χ4n) is 4.83. The fourth-order valence-corrected chi connectivity index (χ4v) is 5.07. The van der Waals surface area contributed by atoms with Crippen molar-refractivity contribution >= 4 is 41.7 Å². The van der Waals surface area contributed by atoms with E-state index in [0.717, 1.165) is 0 Å². The van der Waals surface area contributed by atoms with Crippen molar-refractivity contribution in [2.45, 2.75) is 51.2 Å². The lowest BCUT2D eigenvalue weighted by Gasteiger charge is -2.38. The topological polar surface area (TPSA) is 60.9 Å². The average Bonchev–Trinajstić information content (AvgIpc) is 3.22. The highest BCUT2D eigenvalue weighted by molar-refractivity contribution is 6.62. The molecule has 6 nitrogen and oxygen atoms in total. The molecule has 2 aliphatic rings. The molecule has 0 saturated carbocycles. The maximum absolute atomic E-state index is 16.1. The van der Waals surface area contributed by atoms with E-state index in [-0.39, 0.29) is 17.7 Å². The molecule has 1 saturated heterocycles. The summed E-state index contributed by atoms with van der Waals surface area (Å²) in [5, 5.41) is 0.968. The Kier molecular flexibility index (Phi) is 6.40. The van der Waals surface area contributed by atoms with Crippen molar-refractivity contribution in [2.75, 3.05) is 7.11 Å². The van der Waals surface area contributed by atoms with Gasteiger partial charge in [0.2, 0.25) is 0 Å². The average molecular weight is 543 g/mol. The van der Waals surface area contributed by atoms with Gasteiger partial charge in [-0.3, -0.25) is 14.7 Å². The number of carbonyl (C=O) groups excluding carboxylic acids is 1. The van der Waals surface area contributed by atoms with Gasteiger partial charge in [-0.15, -0.1) is 0 Å². The van der Waals surface area contributed by atoms with Crippen LogP contribution in [0.3, 0.4) is 0 Å². The molecule has 2 aliphatic heterocycles. The van der Waals surface area contributed by atoms with Crippen molar-refractivity contribution in [3.8, 4) is 0 Å². The Hall–Kier alpha value is -2.49. The summed E-state index contributed by atoms with van der Waals surface area (Å²) in [6.07, 6.45) is 1.50. The number of hydrogen-bond donors (Lipinski definition) is 0. The molecule has 1 amide bonds. The molecule has 0 aliphatic carbocycles. The summed E-state index contributed by atoms with van der Waals surface area (Å²) in [7, 11) is 0.609. The summed E-state index contributed by atoms with van der Waals surface area (Å²) in [5.41, 5.74) is -1.01. The molecule has 0 spiro atoms. The Balaban J connectivity index is 1.67. The number of amides is 1. The molecule has 3 aromatic rings. The van der Waals surface area contributed by atoms with E-state index in [0.29, 0.717) is 26.8 Å². The molecule has 1 fully saturated rings. The van der Waals surface area contributed by atoms with Crippen LogP contribution < -0.4 is 5.46 Å². The molecule has 192 valence electrons. The van der Waals surface area contributed by atoms with Gasteiger partial charge in [0, 0.05) is 23.9 Å². The number of aromatic nitrogens is 1. The van der Waals surface area contributed by atoms with E-state index in [9.17, 15) is 4.79 Å². The standard InChI is InChI=1S/C27H26BCl2FN2O4/c1-25(2)26(3,4)37-28(36-25)17-12-21-23(22(31)13-17)27(35-5,16-6-8-18(29)9-7-16)33(24(21)34)15-20-11-10-19(30)14-32-20/h6-14H,15H2,1-5H3/t27-/m1/s1. The first-order valence-corrected chi connectivity index (χ1v) is 12.6. The van der Waals surface area contributed by atoms with Gasteiger partial charge in [0.1, 0.15) is 5.82 Å². The van der Waals surface area contributed by atoms with E-state index in [1.807, 2.05) is 27.7 Å². The summed E-state index contributed by atoms with van der Waals surface area (Å²) in [5.74, 6) is -1.03. The number of carbonyl (C=O) groups is 1. The molecule has 37 heavy (non-hydrogen) atoms. The minimum absolute atomic E-state index is 0.0480. The molecule has 0 N–H and O–H groups in total. The van der Waals surface area contributed by atoms with Crippen LogP contribution in [-0.2, 0) is 26.3 Å². The predicted octanol–water partition coefficient (Wildman–Crippen LogP) is 5.33. The highest BCUT2D eigenvalue weighted by atomic mass is 35.5. The Labute approximate surface area is 225 Å². The Morgan fingerprint density at radius 1 is 1.00 bits per heavy atom. The third-order valence-electron chi connectivity index (χ3n) is 7.47. The second-order valence-electron chi connectivity index (χ2n) is 10.2. The molecule has 1 atom stereocenters. The molecule has 3 heterocycles. The Morgan fingerprint density at radius 3 is 2.19 bits per heavy atom. The van der Waals surface area contributed by atoms with Crippen LogP contribution >= 0.6 is 23.2 Å². The van der Waals surface area contributed by atoms with Crippen LogP contribution in [0.2, 0.25) is 10.0 Å². The maximum atomic E-state index is 16.1. The first-order valence-electron chi connectivity index (χ1n) is 11.8. The molecule has 10 heteroatoms. The molecular weight excluding hydrogens is 517 g/mol. The molecule has 0 bridgehead atoms. The molecular formula is C27H26BCl2FN2O4. The number of ether oxygens (including phenoxy) is 1. The zero-order valence-electron chi connectivity index (χ0n) is 21.1. The minimum atomic E-state index is -1.56. The Bertz CT molecular complexity index is 1350. The molecule has 0 radical (unpaired) electrons. The van der Waals surface area contributed by atoms with Crippen LogP contribution in [-0.4, -0.2) is 41.2 Å². The van der Waals surface area contributed by atoms with Crippen LogP contribution in [0.1, 0.15) is 54.9 Å². The van der Waals surface area contributed by atoms with Crippen molar-refractivity contribution < 1.29 is 23.2 Å². The van der Waals surface area contributed by atoms with Gasteiger partial charge < -0.3 is 14.0 Å². The van der Waals surface area contributed by atoms with E-state index >= 15 is 4.39 Å². The normalized spacial score (nSPS) is 22.0. The number of benzene rings is 2. The minimum Gasteiger partial charge on any atom is -0.399 e. The fraction of sp³-hybridized carbons (Fsp3) is 0.333. The molecule has 5 rings (SSSR count). The van der Waals surface area contributed by atoms with Crippen LogP contribution in [0, 0.1) is 5.82 Å². The summed E-state index contributed by atoms with van der Waals surface area (Å²) in [6, 6.07) is 13.2. The lowest BCUT2D eigenvalue weighted by atomic mass is 9.77. The van der Waals surface area contributed by atoms with Crippen molar-refractivity contribution in [2.24, 2.45) is 0 Å². The second-order valence-corrected chi connectivity index (χ2v) is 11.1. The lowest BCUT2D eigenvalue weighted by molar-refractivity contribution is -0.0885. The lowest BCUT2D eigenvalue weighted by Crippen LogP contribution is -2.46. The van der Waals surface area contributed by atoms with Crippen molar-refractivity contribution in [1.29, 1.82) is 0 Å². The number of pyridine rings is 1. The number of fused-ring (bicyclic) bond motifs is 1. The third-order valence-corrected chi connectivity index (χ3v) is 7.95. The van der Waals surface area contributed by atoms with E-state index in [1.165, 1.54) is 24.3 Å². The van der Waals surface area contributed by atoms with Crippen molar-refractivity contribution in [1.82, 2.24) is 9.88 Å². The SMILES string of the molecule is CO[C@]1(c2ccc(Cl)cc2)c2c(F)cc(B3OC(C)(C)C(C)(C)O3)cc2C(=O)N1Cc1ccc(Cl)cn1. The Morgan fingerprint density at radius 2 is 1.62 bits per heavy atom. The molecule has 1 aromatic heterocycles. The zero-order valence-corrected chi connectivity index (χ0v) is 22.7. The number of nitrogens with zero attached hydrogens (tertiary/aromatic N) is 2. The van der Waals surface area contributed by atoms with Crippen LogP contribution in [0.15, 0.2) is 54.7 Å². The van der Waals surface area contributed by atoms with Gasteiger partial charge in [0.05, 0.1) is 39.6 Å². The largest absolute Gasteiger partial charge is 0.494 e. The van der Waals surface area contributed by atoms with Crippen molar-refractivity contribution in [3.05, 3.63) is 93.0 Å². The predicted molar refractivity (Wildman–Crippen MR) is 140 cm³/mol. The van der Waals surface area contributed by atoms with Gasteiger partial charge in [-0.1, -0.05) is 35.3 Å². The summed E-state index contributed by atoms with van der Waals surface area (Å²) in [4.78, 5) is 19.8. The first kappa shape index (κ1) is 26.1. The van der Waals surface area contributed by atoms with Gasteiger partial charge >= 0.3 is 7.12 Å². The quantitative estimate of drug-likeness (QED) is 0.408. The van der Waals surface area contributed by atoms with E-state index < -0.39 is 35.8 Å². The zero-order chi connectivity index (χ0) is 26.8. The van der Waals surface area contributed by atoms with E-state index in [1.54, 1.807) is 42.5 Å². The van der Waals surface area contributed by atoms with Gasteiger partial charge in [-0.2, -0.15) is 0 Å². The number of halogens is 3. The highest BCUT2D eigenvalue weighted by Crippen LogP contribution is 2.47. The third kappa shape index (κ3) is 4.15. The van der Waals surface area contributed by atoms with Crippen molar-refractivity contribution in [3.63, 3.8) is 0 Å². The summed E-state index contributed by atoms with van der Waals surface area (Å²) in [6.45, 7) is 7.71. The molecule has 2 aromatic carbocycles. The number of hydrogen-bond acceptors (Lipinski definition) is 5. The van der Waals surface area contributed by atoms with E-state index in [4.69, 9.17) is 37.2 Å².